The number of amides is 3. The molecular weight excluding hydrogens is 594 g/mol. The lowest BCUT2D eigenvalue weighted by atomic mass is 10.1. The average molecular weight is 638 g/mol. The predicted molar refractivity (Wildman–Crippen MR) is 174 cm³/mol. The highest BCUT2D eigenvalue weighted by Crippen LogP contribution is 2.16. The van der Waals surface area contributed by atoms with Crippen LogP contribution in [0.4, 0.5) is 16.4 Å². The molecule has 0 saturated heterocycles. The number of aromatic nitrogens is 2. The molecule has 14 nitrogen and oxygen atoms in total. The number of nitrogens with two attached hydrogens (primary N) is 1. The Kier molecular flexibility index (Phi) is 11.7. The smallest absolute Gasteiger partial charge is 0.407 e. The van der Waals surface area contributed by atoms with Crippen molar-refractivity contribution >= 4 is 46.4 Å². The van der Waals surface area contributed by atoms with E-state index in [9.17, 15) is 24.0 Å². The molecule has 7 N–H and O–H groups in total. The van der Waals surface area contributed by atoms with Gasteiger partial charge in [0.05, 0.1) is 10.9 Å². The van der Waals surface area contributed by atoms with Crippen molar-refractivity contribution in [3.05, 3.63) is 63.9 Å². The fourth-order valence-corrected chi connectivity index (χ4v) is 4.17. The molecule has 1 atom stereocenters. The first-order valence-electron chi connectivity index (χ1n) is 14.9. The van der Waals surface area contributed by atoms with Crippen molar-refractivity contribution in [2.45, 2.75) is 78.2 Å². The van der Waals surface area contributed by atoms with E-state index < -0.39 is 35.2 Å². The second-order valence-corrected chi connectivity index (χ2v) is 12.6. The summed E-state index contributed by atoms with van der Waals surface area (Å²) < 4.78 is 10.6. The van der Waals surface area contributed by atoms with Crippen LogP contribution < -0.4 is 32.6 Å². The van der Waals surface area contributed by atoms with Crippen molar-refractivity contribution in [3.8, 4) is 0 Å². The van der Waals surface area contributed by atoms with E-state index in [0.717, 1.165) is 11.3 Å². The Bertz CT molecular complexity index is 1610. The molecule has 1 aromatic heterocycles. The molecule has 0 aliphatic carbocycles. The van der Waals surface area contributed by atoms with E-state index >= 15 is 0 Å². The van der Waals surface area contributed by atoms with Crippen LogP contribution in [0.1, 0.15) is 70.3 Å². The van der Waals surface area contributed by atoms with Gasteiger partial charge in [-0.15, -0.1) is 0 Å². The molecule has 0 saturated carbocycles. The standard InChI is InChI=1S/C32H43N7O7/c1-31(2,3)45-28(43)24(13-14-25(40)34-15-16-35-30(44)46-32(4,5)6)37-26(41)20-8-10-21(11-9-20)36-18-19-7-12-23-22(17-19)27(42)39-29(33)38-23/h7-12,17,24,36H,13-16,18H2,1-6H3,(H,34,40)(H,35,44)(H,37,41)(H3,33,38,39,42)/t24-/m0/s1. The van der Waals surface area contributed by atoms with Gasteiger partial charge in [-0.05, 0) is 89.9 Å². The molecule has 0 aliphatic heterocycles. The highest BCUT2D eigenvalue weighted by Gasteiger charge is 2.27. The van der Waals surface area contributed by atoms with Crippen molar-refractivity contribution in [3.63, 3.8) is 0 Å². The Labute approximate surface area is 267 Å². The zero-order valence-electron chi connectivity index (χ0n) is 27.0. The lowest BCUT2D eigenvalue weighted by molar-refractivity contribution is -0.157. The van der Waals surface area contributed by atoms with Gasteiger partial charge in [0.1, 0.15) is 17.2 Å². The van der Waals surface area contributed by atoms with Gasteiger partial charge >= 0.3 is 12.1 Å². The largest absolute Gasteiger partial charge is 0.458 e. The van der Waals surface area contributed by atoms with Crippen LogP contribution in [0.15, 0.2) is 47.3 Å². The predicted octanol–water partition coefficient (Wildman–Crippen LogP) is 2.98. The number of aromatic amines is 1. The highest BCUT2D eigenvalue weighted by atomic mass is 16.6. The van der Waals surface area contributed by atoms with Gasteiger partial charge in [-0.3, -0.25) is 19.4 Å². The van der Waals surface area contributed by atoms with Crippen molar-refractivity contribution in [2.24, 2.45) is 0 Å². The number of carbonyl (C=O) groups is 4. The minimum Gasteiger partial charge on any atom is -0.458 e. The maximum Gasteiger partial charge on any atom is 0.407 e. The van der Waals surface area contributed by atoms with E-state index in [1.807, 2.05) is 6.07 Å². The van der Waals surface area contributed by atoms with Gasteiger partial charge in [0.15, 0.2) is 0 Å². The van der Waals surface area contributed by atoms with Gasteiger partial charge in [0.2, 0.25) is 11.9 Å². The van der Waals surface area contributed by atoms with Gasteiger partial charge < -0.3 is 36.5 Å². The first-order chi connectivity index (χ1) is 21.5. The van der Waals surface area contributed by atoms with Crippen LogP contribution in [-0.4, -0.2) is 64.2 Å². The lowest BCUT2D eigenvalue weighted by Crippen LogP contribution is -2.45. The number of ether oxygens (including phenoxy) is 2. The van der Waals surface area contributed by atoms with E-state index in [0.29, 0.717) is 23.0 Å². The normalized spacial score (nSPS) is 12.1. The second kappa shape index (κ2) is 15.2. The molecule has 0 spiro atoms. The number of esters is 1. The minimum atomic E-state index is -1.07. The second-order valence-electron chi connectivity index (χ2n) is 12.6. The third-order valence-corrected chi connectivity index (χ3v) is 6.20. The fraction of sp³-hybridized carbons (Fsp3) is 0.438. The number of fused-ring (bicyclic) bond motifs is 1. The molecule has 3 amide bonds. The van der Waals surface area contributed by atoms with E-state index in [-0.39, 0.29) is 43.3 Å². The molecule has 0 fully saturated rings. The zero-order chi connectivity index (χ0) is 34.1. The number of alkyl carbamates (subject to hydrolysis) is 1. The number of nitrogens with one attached hydrogen (secondary N) is 5. The number of carbonyl (C=O) groups excluding carboxylic acids is 4. The van der Waals surface area contributed by atoms with Crippen LogP contribution in [0.5, 0.6) is 0 Å². The Morgan fingerprint density at radius 2 is 1.57 bits per heavy atom. The lowest BCUT2D eigenvalue weighted by Gasteiger charge is -2.24. The Morgan fingerprint density at radius 1 is 0.913 bits per heavy atom. The highest BCUT2D eigenvalue weighted by molar-refractivity contribution is 5.97. The first kappa shape index (κ1) is 35.3. The maximum absolute atomic E-state index is 13.1. The summed E-state index contributed by atoms with van der Waals surface area (Å²) in [6.45, 7) is 11.1. The van der Waals surface area contributed by atoms with Crippen LogP contribution in [0, 0.1) is 0 Å². The zero-order valence-corrected chi connectivity index (χ0v) is 27.0. The van der Waals surface area contributed by atoms with Gasteiger partial charge in [0.25, 0.3) is 11.5 Å². The molecule has 248 valence electrons. The molecule has 46 heavy (non-hydrogen) atoms. The van der Waals surface area contributed by atoms with Crippen LogP contribution in [0.25, 0.3) is 10.9 Å². The molecule has 1 heterocycles. The first-order valence-corrected chi connectivity index (χ1v) is 14.9. The SMILES string of the molecule is CC(C)(C)OC(=O)NCCNC(=O)CC[C@H](NC(=O)c1ccc(NCc2ccc3nc(N)[nH]c(=O)c3c2)cc1)C(=O)OC(C)(C)C. The molecular formula is C32H43N7O7. The Morgan fingerprint density at radius 3 is 2.22 bits per heavy atom. The summed E-state index contributed by atoms with van der Waals surface area (Å²) in [5.74, 6) is -1.48. The minimum absolute atomic E-state index is 0.00231. The van der Waals surface area contributed by atoms with Crippen LogP contribution in [-0.2, 0) is 25.6 Å². The number of nitrogen functional groups attached to an aromatic ring is 1. The summed E-state index contributed by atoms with van der Waals surface area (Å²) >= 11 is 0. The van der Waals surface area contributed by atoms with Crippen molar-refractivity contribution in [2.75, 3.05) is 24.1 Å². The van der Waals surface area contributed by atoms with Gasteiger partial charge in [-0.1, -0.05) is 6.07 Å². The van der Waals surface area contributed by atoms with Crippen LogP contribution in [0.3, 0.4) is 0 Å². The van der Waals surface area contributed by atoms with Gasteiger partial charge in [-0.25, -0.2) is 14.6 Å². The number of benzene rings is 2. The monoisotopic (exact) mass is 637 g/mol. The molecule has 14 heteroatoms. The summed E-state index contributed by atoms with van der Waals surface area (Å²) in [6.07, 6.45) is -0.656. The van der Waals surface area contributed by atoms with Gasteiger partial charge in [0, 0.05) is 37.3 Å². The molecule has 3 rings (SSSR count). The molecule has 0 unspecified atom stereocenters. The summed E-state index contributed by atoms with van der Waals surface area (Å²) in [5, 5.41) is 11.6. The van der Waals surface area contributed by atoms with Crippen molar-refractivity contribution < 1.29 is 28.7 Å². The van der Waals surface area contributed by atoms with E-state index in [1.54, 1.807) is 77.9 Å². The number of hydrogen-bond donors (Lipinski definition) is 6. The third-order valence-electron chi connectivity index (χ3n) is 6.20. The molecule has 0 aliphatic rings. The Hall–Kier alpha value is -5.14. The number of anilines is 2. The quantitative estimate of drug-likeness (QED) is 0.126. The molecule has 0 radical (unpaired) electrons. The third kappa shape index (κ3) is 11.7. The van der Waals surface area contributed by atoms with Crippen molar-refractivity contribution in [1.82, 2.24) is 25.9 Å². The van der Waals surface area contributed by atoms with E-state index in [2.05, 4.69) is 31.2 Å². The van der Waals surface area contributed by atoms with E-state index in [4.69, 9.17) is 15.2 Å². The number of rotatable bonds is 12. The fourth-order valence-electron chi connectivity index (χ4n) is 4.17. The molecule has 2 aromatic carbocycles. The number of H-pyrrole nitrogens is 1. The van der Waals surface area contributed by atoms with Crippen LogP contribution in [0.2, 0.25) is 0 Å². The summed E-state index contributed by atoms with van der Waals surface area (Å²) in [4.78, 5) is 69.0. The van der Waals surface area contributed by atoms with E-state index in [1.165, 1.54) is 0 Å². The summed E-state index contributed by atoms with van der Waals surface area (Å²) in [7, 11) is 0. The summed E-state index contributed by atoms with van der Waals surface area (Å²) in [6, 6.07) is 10.8. The van der Waals surface area contributed by atoms with Gasteiger partial charge in [-0.2, -0.15) is 0 Å². The number of hydrogen-bond acceptors (Lipinski definition) is 10. The summed E-state index contributed by atoms with van der Waals surface area (Å²) in [5.41, 5.74) is 6.22. The number of nitrogens with zero attached hydrogens (tertiary/aromatic N) is 1. The molecule has 0 bridgehead atoms. The van der Waals surface area contributed by atoms with Crippen molar-refractivity contribution in [1.29, 1.82) is 0 Å². The van der Waals surface area contributed by atoms with Crippen LogP contribution >= 0.6 is 0 Å². The maximum atomic E-state index is 13.1. The molecule has 3 aromatic rings. The Balaban J connectivity index is 1.55. The topological polar surface area (TPSA) is 207 Å². The average Bonchev–Trinajstić information content (AvgIpc) is 2.94.